The smallest absolute Gasteiger partial charge is 0.397 e. The number of carbonyl (C=O) groups excluding carboxylic acids is 1. The van der Waals surface area contributed by atoms with Crippen molar-refractivity contribution >= 4 is 22.9 Å². The second kappa shape index (κ2) is 8.93. The number of fused-ring (bicyclic) bond motifs is 1. The Morgan fingerprint density at radius 2 is 1.77 bits per heavy atom. The third kappa shape index (κ3) is 4.37. The number of nitrogen functional groups attached to an aromatic ring is 1. The van der Waals surface area contributed by atoms with Gasteiger partial charge in [-0.05, 0) is 67.8 Å². The lowest BCUT2D eigenvalue weighted by Crippen LogP contribution is -2.16. The summed E-state index contributed by atoms with van der Waals surface area (Å²) >= 11 is 0. The molecule has 2 aromatic carbocycles. The zero-order valence-corrected chi connectivity index (χ0v) is 20.8. The molecular weight excluding hydrogens is 505 g/mol. The molecule has 1 aliphatic rings. The third-order valence-electron chi connectivity index (χ3n) is 7.11. The van der Waals surface area contributed by atoms with Crippen molar-refractivity contribution in [2.24, 2.45) is 0 Å². The van der Waals surface area contributed by atoms with E-state index in [2.05, 4.69) is 15.3 Å². The number of carbonyl (C=O) groups is 1. The molecule has 1 amide bonds. The van der Waals surface area contributed by atoms with E-state index in [0.717, 1.165) is 30.5 Å². The van der Waals surface area contributed by atoms with Crippen LogP contribution in [0.15, 0.2) is 79.1 Å². The van der Waals surface area contributed by atoms with Crippen LogP contribution in [-0.4, -0.2) is 25.3 Å². The maximum Gasteiger partial charge on any atom is 0.416 e. The second-order valence-corrected chi connectivity index (χ2v) is 9.65. The maximum atomic E-state index is 13.2. The minimum Gasteiger partial charge on any atom is -0.397 e. The summed E-state index contributed by atoms with van der Waals surface area (Å²) in [5.41, 5.74) is 9.25. The maximum absolute atomic E-state index is 13.2. The first kappa shape index (κ1) is 24.6. The molecule has 0 unspecified atom stereocenters. The van der Waals surface area contributed by atoms with E-state index in [0.29, 0.717) is 39.8 Å². The van der Waals surface area contributed by atoms with Crippen LogP contribution in [0.4, 0.5) is 24.5 Å². The Bertz CT molecular complexity index is 1720. The Labute approximate surface area is 221 Å². The van der Waals surface area contributed by atoms with E-state index in [-0.39, 0.29) is 11.6 Å². The monoisotopic (exact) mass is 528 g/mol. The summed E-state index contributed by atoms with van der Waals surface area (Å²) < 4.78 is 41.2. The van der Waals surface area contributed by atoms with Crippen molar-refractivity contribution < 1.29 is 18.0 Å². The van der Waals surface area contributed by atoms with Gasteiger partial charge >= 0.3 is 6.18 Å². The molecule has 1 aliphatic carbocycles. The molecule has 3 aromatic heterocycles. The van der Waals surface area contributed by atoms with Gasteiger partial charge in [0.15, 0.2) is 0 Å². The van der Waals surface area contributed by atoms with Gasteiger partial charge in [-0.15, -0.1) is 0 Å². The van der Waals surface area contributed by atoms with Crippen molar-refractivity contribution in [1.29, 1.82) is 0 Å². The highest BCUT2D eigenvalue weighted by molar-refractivity contribution is 6.05. The fourth-order valence-electron chi connectivity index (χ4n) is 4.88. The number of aromatic nitrogens is 4. The molecule has 0 atom stereocenters. The molecule has 6 rings (SSSR count). The van der Waals surface area contributed by atoms with Gasteiger partial charge in [-0.2, -0.15) is 13.2 Å². The van der Waals surface area contributed by atoms with Gasteiger partial charge in [0.2, 0.25) is 0 Å². The second-order valence-electron chi connectivity index (χ2n) is 9.65. The summed E-state index contributed by atoms with van der Waals surface area (Å²) in [5.74, 6) is 0.356. The Balaban J connectivity index is 1.29. The first-order chi connectivity index (χ1) is 18.7. The van der Waals surface area contributed by atoms with E-state index < -0.39 is 17.2 Å². The van der Waals surface area contributed by atoms with Crippen LogP contribution in [0.2, 0.25) is 0 Å². The number of anilines is 2. The van der Waals surface area contributed by atoms with Gasteiger partial charge in [0, 0.05) is 18.0 Å². The first-order valence-electron chi connectivity index (χ1n) is 12.3. The number of rotatable bonds is 5. The number of pyridine rings is 1. The van der Waals surface area contributed by atoms with E-state index in [1.807, 2.05) is 12.1 Å². The fraction of sp³-hybridized carbons (Fsp3) is 0.172. The summed E-state index contributed by atoms with van der Waals surface area (Å²) in [7, 11) is 0. The number of aryl methyl sites for hydroxylation is 1. The summed E-state index contributed by atoms with van der Waals surface area (Å²) in [5, 5.41) is 2.83. The molecule has 10 heteroatoms. The van der Waals surface area contributed by atoms with Crippen LogP contribution >= 0.6 is 0 Å². The largest absolute Gasteiger partial charge is 0.416 e. The highest BCUT2D eigenvalue weighted by Gasteiger charge is 2.48. The molecule has 196 valence electrons. The molecule has 1 saturated carbocycles. The molecule has 0 aliphatic heterocycles. The highest BCUT2D eigenvalue weighted by atomic mass is 19.4. The molecule has 3 heterocycles. The van der Waals surface area contributed by atoms with Gasteiger partial charge in [-0.25, -0.2) is 15.0 Å². The number of hydrogen-bond acceptors (Lipinski definition) is 5. The molecular formula is C29H23F3N6O. The normalized spacial score (nSPS) is 14.4. The number of nitrogens with two attached hydrogens (primary N) is 1. The number of benzene rings is 2. The van der Waals surface area contributed by atoms with Crippen molar-refractivity contribution in [3.8, 4) is 11.4 Å². The van der Waals surface area contributed by atoms with Gasteiger partial charge in [0.25, 0.3) is 5.91 Å². The Morgan fingerprint density at radius 1 is 1.03 bits per heavy atom. The van der Waals surface area contributed by atoms with Gasteiger partial charge in [0.1, 0.15) is 11.5 Å². The number of para-hydroxylation sites is 2. The number of halogens is 3. The van der Waals surface area contributed by atoms with Crippen molar-refractivity contribution in [2.45, 2.75) is 31.4 Å². The van der Waals surface area contributed by atoms with Crippen molar-refractivity contribution in [3.63, 3.8) is 0 Å². The lowest BCUT2D eigenvalue weighted by Gasteiger charge is -2.16. The molecule has 3 N–H and O–H groups in total. The third-order valence-corrected chi connectivity index (χ3v) is 7.11. The number of amides is 1. The van der Waals surface area contributed by atoms with Crippen LogP contribution < -0.4 is 11.1 Å². The summed E-state index contributed by atoms with van der Waals surface area (Å²) in [6.45, 7) is 1.75. The molecule has 5 aromatic rings. The fourth-order valence-corrected chi connectivity index (χ4v) is 4.88. The zero-order chi connectivity index (χ0) is 27.4. The van der Waals surface area contributed by atoms with Crippen LogP contribution in [0.3, 0.4) is 0 Å². The molecule has 0 bridgehead atoms. The van der Waals surface area contributed by atoms with Gasteiger partial charge in [-0.1, -0.05) is 24.3 Å². The van der Waals surface area contributed by atoms with E-state index in [1.165, 1.54) is 6.20 Å². The van der Waals surface area contributed by atoms with Gasteiger partial charge < -0.3 is 11.1 Å². The standard InChI is InChI=1S/C29H23F3N6O/c1-17-25(38-15-11-20(29(30,31)32)16-24(38)35-17)23-10-14-34-27(37-23)28(12-13-28)19-8-6-18(7-9-19)26(39)36-22-5-3-2-4-21(22)33/h2-11,14-16H,12-13,33H2,1H3,(H,36,39). The van der Waals surface area contributed by atoms with E-state index in [9.17, 15) is 18.0 Å². The predicted molar refractivity (Wildman–Crippen MR) is 141 cm³/mol. The average Bonchev–Trinajstić information content (AvgIpc) is 3.66. The minimum absolute atomic E-state index is 0.199. The molecule has 0 saturated heterocycles. The first-order valence-corrected chi connectivity index (χ1v) is 12.3. The van der Waals surface area contributed by atoms with Crippen LogP contribution in [-0.2, 0) is 11.6 Å². The molecule has 39 heavy (non-hydrogen) atoms. The summed E-state index contributed by atoms with van der Waals surface area (Å²) in [4.78, 5) is 26.5. The Morgan fingerprint density at radius 3 is 2.46 bits per heavy atom. The average molecular weight is 529 g/mol. The van der Waals surface area contributed by atoms with Crippen LogP contribution in [0.1, 0.15) is 45.8 Å². The Kier molecular flexibility index (Phi) is 5.64. The van der Waals surface area contributed by atoms with Crippen LogP contribution in [0.5, 0.6) is 0 Å². The van der Waals surface area contributed by atoms with Crippen LogP contribution in [0, 0.1) is 6.92 Å². The topological polar surface area (TPSA) is 98.2 Å². The van der Waals surface area contributed by atoms with Crippen LogP contribution in [0.25, 0.3) is 17.0 Å². The zero-order valence-electron chi connectivity index (χ0n) is 20.8. The number of nitrogens with zero attached hydrogens (tertiary/aromatic N) is 4. The van der Waals surface area contributed by atoms with Crippen molar-refractivity contribution in [2.75, 3.05) is 11.1 Å². The summed E-state index contributed by atoms with van der Waals surface area (Å²) in [6.07, 6.45) is 0.252. The Hall–Kier alpha value is -4.73. The molecule has 7 nitrogen and oxygen atoms in total. The van der Waals surface area contributed by atoms with Crippen molar-refractivity contribution in [1.82, 2.24) is 19.4 Å². The molecule has 0 radical (unpaired) electrons. The number of alkyl halides is 3. The number of hydrogen-bond donors (Lipinski definition) is 2. The quantitative estimate of drug-likeness (QED) is 0.271. The predicted octanol–water partition coefficient (Wildman–Crippen LogP) is 6.03. The summed E-state index contributed by atoms with van der Waals surface area (Å²) in [6, 6.07) is 18.2. The molecule has 1 fully saturated rings. The van der Waals surface area contributed by atoms with E-state index >= 15 is 0 Å². The number of nitrogens with one attached hydrogen (secondary N) is 1. The van der Waals surface area contributed by atoms with E-state index in [1.54, 1.807) is 60.0 Å². The number of imidazole rings is 1. The van der Waals surface area contributed by atoms with E-state index in [4.69, 9.17) is 10.7 Å². The highest BCUT2D eigenvalue weighted by Crippen LogP contribution is 2.52. The lowest BCUT2D eigenvalue weighted by molar-refractivity contribution is -0.137. The molecule has 0 spiro atoms. The van der Waals surface area contributed by atoms with Gasteiger partial charge in [-0.3, -0.25) is 9.20 Å². The van der Waals surface area contributed by atoms with Crippen molar-refractivity contribution in [3.05, 3.63) is 107 Å². The minimum atomic E-state index is -4.45. The van der Waals surface area contributed by atoms with Gasteiger partial charge in [0.05, 0.1) is 39.4 Å². The lowest BCUT2D eigenvalue weighted by atomic mass is 9.93. The SMILES string of the molecule is Cc1nc2cc(C(F)(F)F)ccn2c1-c1ccnc(C2(c3ccc(C(=O)Nc4ccccc4N)cc3)CC2)n1.